The molecule has 0 aliphatic heterocycles. The minimum Gasteiger partial charge on any atom is -0.329 e. The van der Waals surface area contributed by atoms with Gasteiger partial charge in [-0.1, -0.05) is 12.8 Å². The first-order valence-electron chi connectivity index (χ1n) is 5.26. The molecule has 0 saturated heterocycles. The Morgan fingerprint density at radius 3 is 2.50 bits per heavy atom. The smallest absolute Gasteiger partial charge is 0.147 e. The van der Waals surface area contributed by atoms with Gasteiger partial charge < -0.3 is 5.73 Å². The van der Waals surface area contributed by atoms with Crippen molar-refractivity contribution in [1.82, 2.24) is 14.8 Å². The summed E-state index contributed by atoms with van der Waals surface area (Å²) in [5, 5.41) is 4.30. The Hall–Kier alpha value is -0.900. The molecule has 1 heterocycles. The molecular weight excluding hydrogens is 176 g/mol. The Kier molecular flexibility index (Phi) is 2.31. The summed E-state index contributed by atoms with van der Waals surface area (Å²) in [5.41, 5.74) is 6.01. The quantitative estimate of drug-likeness (QED) is 0.760. The summed E-state index contributed by atoms with van der Waals surface area (Å²) in [4.78, 5) is 4.51. The number of aryl methyl sites for hydroxylation is 2. The van der Waals surface area contributed by atoms with E-state index in [4.69, 9.17) is 5.73 Å². The number of nitrogens with zero attached hydrogens (tertiary/aromatic N) is 3. The Morgan fingerprint density at radius 2 is 2.07 bits per heavy atom. The Balaban J connectivity index is 2.40. The molecular formula is C10H18N4. The summed E-state index contributed by atoms with van der Waals surface area (Å²) in [7, 11) is 1.96. The third-order valence-corrected chi connectivity index (χ3v) is 3.29. The van der Waals surface area contributed by atoms with Crippen molar-refractivity contribution >= 4 is 0 Å². The average molecular weight is 194 g/mol. The van der Waals surface area contributed by atoms with Crippen molar-refractivity contribution in [1.29, 1.82) is 0 Å². The molecule has 1 aliphatic carbocycles. The van der Waals surface area contributed by atoms with Crippen LogP contribution in [0, 0.1) is 6.92 Å². The summed E-state index contributed by atoms with van der Waals surface area (Å²) >= 11 is 0. The van der Waals surface area contributed by atoms with Crippen LogP contribution in [0.5, 0.6) is 0 Å². The first-order chi connectivity index (χ1) is 6.68. The normalized spacial score (nSPS) is 20.2. The molecule has 0 radical (unpaired) electrons. The molecule has 4 heteroatoms. The molecule has 1 aromatic rings. The summed E-state index contributed by atoms with van der Waals surface area (Å²) in [6.45, 7) is 2.63. The highest BCUT2D eigenvalue weighted by molar-refractivity contribution is 5.12. The number of rotatable bonds is 2. The lowest BCUT2D eigenvalue weighted by molar-refractivity contribution is 0.404. The molecule has 2 N–H and O–H groups in total. The maximum Gasteiger partial charge on any atom is 0.147 e. The van der Waals surface area contributed by atoms with Crippen molar-refractivity contribution in [3.8, 4) is 0 Å². The highest BCUT2D eigenvalue weighted by Crippen LogP contribution is 2.38. The Labute approximate surface area is 84.5 Å². The zero-order valence-corrected chi connectivity index (χ0v) is 8.95. The van der Waals surface area contributed by atoms with Gasteiger partial charge in [0.1, 0.15) is 11.6 Å². The Bertz CT molecular complexity index is 323. The minimum atomic E-state index is 0.107. The lowest BCUT2D eigenvalue weighted by Crippen LogP contribution is -2.35. The predicted octanol–water partition coefficient (Wildman–Crippen LogP) is 0.894. The summed E-state index contributed by atoms with van der Waals surface area (Å²) < 4.78 is 1.90. The molecule has 2 rings (SSSR count). The lowest BCUT2D eigenvalue weighted by atomic mass is 9.85. The highest BCUT2D eigenvalue weighted by atomic mass is 15.3. The van der Waals surface area contributed by atoms with E-state index in [0.717, 1.165) is 24.5 Å². The highest BCUT2D eigenvalue weighted by Gasteiger charge is 2.38. The Morgan fingerprint density at radius 1 is 1.43 bits per heavy atom. The fourth-order valence-corrected chi connectivity index (χ4v) is 2.55. The van der Waals surface area contributed by atoms with E-state index in [0.29, 0.717) is 6.54 Å². The van der Waals surface area contributed by atoms with Gasteiger partial charge in [0.15, 0.2) is 0 Å². The second kappa shape index (κ2) is 3.35. The number of nitrogens with two attached hydrogens (primary N) is 1. The van der Waals surface area contributed by atoms with Crippen LogP contribution in [0.2, 0.25) is 0 Å². The SMILES string of the molecule is Cc1nc(C2(CN)CCCC2)n(C)n1. The second-order valence-electron chi connectivity index (χ2n) is 4.30. The van der Waals surface area contributed by atoms with Crippen molar-refractivity contribution in [2.75, 3.05) is 6.54 Å². The zero-order valence-electron chi connectivity index (χ0n) is 8.95. The standard InChI is InChI=1S/C10H18N4/c1-8-12-9(14(2)13-8)10(7-11)5-3-4-6-10/h3-7,11H2,1-2H3. The van der Waals surface area contributed by atoms with E-state index in [1.165, 1.54) is 12.8 Å². The maximum atomic E-state index is 5.90. The maximum absolute atomic E-state index is 5.90. The van der Waals surface area contributed by atoms with Crippen molar-refractivity contribution < 1.29 is 0 Å². The van der Waals surface area contributed by atoms with Gasteiger partial charge in [0, 0.05) is 19.0 Å². The van der Waals surface area contributed by atoms with Crippen molar-refractivity contribution in [2.24, 2.45) is 12.8 Å². The van der Waals surface area contributed by atoms with E-state index in [2.05, 4.69) is 10.1 Å². The molecule has 0 bridgehead atoms. The van der Waals surface area contributed by atoms with Crippen LogP contribution in [0.1, 0.15) is 37.3 Å². The number of hydrogen-bond donors (Lipinski definition) is 1. The van der Waals surface area contributed by atoms with Crippen LogP contribution in [0.4, 0.5) is 0 Å². The van der Waals surface area contributed by atoms with Crippen LogP contribution < -0.4 is 5.73 Å². The van der Waals surface area contributed by atoms with Gasteiger partial charge >= 0.3 is 0 Å². The second-order valence-corrected chi connectivity index (χ2v) is 4.30. The molecule has 1 saturated carbocycles. The van der Waals surface area contributed by atoms with Gasteiger partial charge in [-0.3, -0.25) is 4.68 Å². The van der Waals surface area contributed by atoms with E-state index in [1.807, 2.05) is 18.7 Å². The molecule has 0 spiro atoms. The third-order valence-electron chi connectivity index (χ3n) is 3.29. The fraction of sp³-hybridized carbons (Fsp3) is 0.800. The monoisotopic (exact) mass is 194 g/mol. The predicted molar refractivity (Wildman–Crippen MR) is 54.9 cm³/mol. The van der Waals surface area contributed by atoms with E-state index in [-0.39, 0.29) is 5.41 Å². The molecule has 78 valence electrons. The molecule has 1 aromatic heterocycles. The first kappa shape index (κ1) is 9.65. The first-order valence-corrected chi connectivity index (χ1v) is 5.26. The van der Waals surface area contributed by atoms with Crippen LogP contribution in [0.25, 0.3) is 0 Å². The van der Waals surface area contributed by atoms with Gasteiger partial charge in [-0.05, 0) is 19.8 Å². The summed E-state index contributed by atoms with van der Waals surface area (Å²) in [5.74, 6) is 1.93. The van der Waals surface area contributed by atoms with E-state index < -0.39 is 0 Å². The van der Waals surface area contributed by atoms with Crippen LogP contribution in [0.15, 0.2) is 0 Å². The summed E-state index contributed by atoms with van der Waals surface area (Å²) in [6, 6.07) is 0. The van der Waals surface area contributed by atoms with Gasteiger partial charge in [0.25, 0.3) is 0 Å². The van der Waals surface area contributed by atoms with Crippen LogP contribution in [-0.4, -0.2) is 21.3 Å². The molecule has 14 heavy (non-hydrogen) atoms. The van der Waals surface area contributed by atoms with Gasteiger partial charge in [-0.15, -0.1) is 0 Å². The molecule has 4 nitrogen and oxygen atoms in total. The van der Waals surface area contributed by atoms with Gasteiger partial charge in [0.2, 0.25) is 0 Å². The zero-order chi connectivity index (χ0) is 10.2. The van der Waals surface area contributed by atoms with Gasteiger partial charge in [0.05, 0.1) is 0 Å². The topological polar surface area (TPSA) is 56.7 Å². The molecule has 0 atom stereocenters. The van der Waals surface area contributed by atoms with Crippen LogP contribution in [-0.2, 0) is 12.5 Å². The molecule has 1 fully saturated rings. The van der Waals surface area contributed by atoms with Crippen molar-refractivity contribution in [3.05, 3.63) is 11.6 Å². The fourth-order valence-electron chi connectivity index (χ4n) is 2.55. The van der Waals surface area contributed by atoms with E-state index >= 15 is 0 Å². The van der Waals surface area contributed by atoms with E-state index in [9.17, 15) is 0 Å². The van der Waals surface area contributed by atoms with Crippen molar-refractivity contribution in [2.45, 2.75) is 38.0 Å². The number of aromatic nitrogens is 3. The summed E-state index contributed by atoms with van der Waals surface area (Å²) in [6.07, 6.45) is 4.86. The van der Waals surface area contributed by atoms with Crippen molar-refractivity contribution in [3.63, 3.8) is 0 Å². The minimum absolute atomic E-state index is 0.107. The lowest BCUT2D eigenvalue weighted by Gasteiger charge is -2.25. The van der Waals surface area contributed by atoms with Crippen LogP contribution in [0.3, 0.4) is 0 Å². The van der Waals surface area contributed by atoms with Gasteiger partial charge in [-0.25, -0.2) is 4.98 Å². The molecule has 0 unspecified atom stereocenters. The number of hydrogen-bond acceptors (Lipinski definition) is 3. The van der Waals surface area contributed by atoms with E-state index in [1.54, 1.807) is 0 Å². The molecule has 0 amide bonds. The van der Waals surface area contributed by atoms with Gasteiger partial charge in [-0.2, -0.15) is 5.10 Å². The van der Waals surface area contributed by atoms with Crippen LogP contribution >= 0.6 is 0 Å². The molecule has 0 aromatic carbocycles. The third kappa shape index (κ3) is 1.34. The largest absolute Gasteiger partial charge is 0.329 e. The molecule has 1 aliphatic rings. The average Bonchev–Trinajstić information content (AvgIpc) is 2.73.